The predicted octanol–water partition coefficient (Wildman–Crippen LogP) is -0.209. The molecule has 1 aliphatic rings. The third kappa shape index (κ3) is 2.22. The van der Waals surface area contributed by atoms with Gasteiger partial charge >= 0.3 is 0 Å². The Morgan fingerprint density at radius 2 is 2.50 bits per heavy atom. The minimum Gasteiger partial charge on any atom is -0.355 e. The molecule has 1 atom stereocenters. The fourth-order valence-electron chi connectivity index (χ4n) is 1.30. The Labute approximate surface area is 71.7 Å². The minimum atomic E-state index is -0.300. The van der Waals surface area contributed by atoms with E-state index in [2.05, 4.69) is 10.6 Å². The minimum absolute atomic E-state index is 0.0162. The highest BCUT2D eigenvalue weighted by atomic mass is 16.2. The molecular formula is C8H14N2O2. The number of rotatable bonds is 2. The second-order valence-electron chi connectivity index (χ2n) is 2.91. The molecule has 0 unspecified atom stereocenters. The first-order valence-corrected chi connectivity index (χ1v) is 4.31. The SMILES string of the molecule is CCNC(=O)[C@H]1CCCC(=O)N1. The molecule has 0 bridgehead atoms. The van der Waals surface area contributed by atoms with Gasteiger partial charge in [-0.05, 0) is 19.8 Å². The zero-order valence-corrected chi connectivity index (χ0v) is 7.22. The topological polar surface area (TPSA) is 58.2 Å². The van der Waals surface area contributed by atoms with Crippen molar-refractivity contribution >= 4 is 11.8 Å². The normalized spacial score (nSPS) is 23.1. The third-order valence-corrected chi connectivity index (χ3v) is 1.90. The van der Waals surface area contributed by atoms with Crippen LogP contribution >= 0.6 is 0 Å². The van der Waals surface area contributed by atoms with Crippen molar-refractivity contribution in [2.75, 3.05) is 6.54 Å². The van der Waals surface area contributed by atoms with Crippen molar-refractivity contribution in [2.24, 2.45) is 0 Å². The quantitative estimate of drug-likeness (QED) is 0.602. The van der Waals surface area contributed by atoms with Crippen molar-refractivity contribution in [3.05, 3.63) is 0 Å². The summed E-state index contributed by atoms with van der Waals surface area (Å²) in [5.74, 6) is -0.0805. The number of hydrogen-bond donors (Lipinski definition) is 2. The Bertz CT molecular complexity index is 191. The van der Waals surface area contributed by atoms with Gasteiger partial charge in [-0.1, -0.05) is 0 Å². The van der Waals surface area contributed by atoms with E-state index in [9.17, 15) is 9.59 Å². The Morgan fingerprint density at radius 1 is 1.75 bits per heavy atom. The molecule has 1 aliphatic heterocycles. The van der Waals surface area contributed by atoms with Crippen molar-refractivity contribution in [1.29, 1.82) is 0 Å². The van der Waals surface area contributed by atoms with Crippen LogP contribution in [0.15, 0.2) is 0 Å². The molecule has 0 spiro atoms. The molecule has 0 aromatic carbocycles. The largest absolute Gasteiger partial charge is 0.355 e. The van der Waals surface area contributed by atoms with E-state index in [1.165, 1.54) is 0 Å². The fraction of sp³-hybridized carbons (Fsp3) is 0.750. The van der Waals surface area contributed by atoms with Crippen LogP contribution in [0.2, 0.25) is 0 Å². The summed E-state index contributed by atoms with van der Waals surface area (Å²) in [6.45, 7) is 2.48. The van der Waals surface area contributed by atoms with Gasteiger partial charge < -0.3 is 10.6 Å². The fourth-order valence-corrected chi connectivity index (χ4v) is 1.30. The highest BCUT2D eigenvalue weighted by Crippen LogP contribution is 2.07. The second kappa shape index (κ2) is 4.09. The molecule has 1 saturated heterocycles. The van der Waals surface area contributed by atoms with Crippen LogP contribution in [0.3, 0.4) is 0 Å². The number of hydrogen-bond acceptors (Lipinski definition) is 2. The van der Waals surface area contributed by atoms with E-state index in [1.54, 1.807) is 0 Å². The summed E-state index contributed by atoms with van der Waals surface area (Å²) in [7, 11) is 0. The van der Waals surface area contributed by atoms with Gasteiger partial charge in [0.2, 0.25) is 11.8 Å². The lowest BCUT2D eigenvalue weighted by atomic mass is 10.0. The summed E-state index contributed by atoms with van der Waals surface area (Å²) >= 11 is 0. The van der Waals surface area contributed by atoms with Crippen LogP contribution in [0.1, 0.15) is 26.2 Å². The number of piperidine rings is 1. The van der Waals surface area contributed by atoms with Gasteiger partial charge in [0.05, 0.1) is 0 Å². The van der Waals surface area contributed by atoms with E-state index < -0.39 is 0 Å². The molecule has 1 fully saturated rings. The van der Waals surface area contributed by atoms with Gasteiger partial charge in [-0.25, -0.2) is 0 Å². The molecule has 1 heterocycles. The molecule has 0 aromatic rings. The Kier molecular flexibility index (Phi) is 3.08. The molecule has 0 radical (unpaired) electrons. The molecule has 2 amide bonds. The van der Waals surface area contributed by atoms with Gasteiger partial charge in [0, 0.05) is 13.0 Å². The third-order valence-electron chi connectivity index (χ3n) is 1.90. The monoisotopic (exact) mass is 170 g/mol. The van der Waals surface area contributed by atoms with Crippen LogP contribution in [0.25, 0.3) is 0 Å². The lowest BCUT2D eigenvalue weighted by Crippen LogP contribution is -2.48. The van der Waals surface area contributed by atoms with Crippen molar-refractivity contribution < 1.29 is 9.59 Å². The van der Waals surface area contributed by atoms with Gasteiger partial charge in [-0.15, -0.1) is 0 Å². The maximum atomic E-state index is 11.2. The smallest absolute Gasteiger partial charge is 0.242 e. The number of carbonyl (C=O) groups excluding carboxylic acids is 2. The van der Waals surface area contributed by atoms with Gasteiger partial charge in [-0.2, -0.15) is 0 Å². The Hall–Kier alpha value is -1.06. The number of nitrogens with one attached hydrogen (secondary N) is 2. The average molecular weight is 170 g/mol. The molecule has 2 N–H and O–H groups in total. The zero-order valence-electron chi connectivity index (χ0n) is 7.22. The first-order chi connectivity index (χ1) is 5.74. The average Bonchev–Trinajstić information content (AvgIpc) is 2.05. The molecule has 68 valence electrons. The lowest BCUT2D eigenvalue weighted by Gasteiger charge is -2.21. The predicted molar refractivity (Wildman–Crippen MR) is 44.5 cm³/mol. The van der Waals surface area contributed by atoms with E-state index in [0.717, 1.165) is 12.8 Å². The molecule has 12 heavy (non-hydrogen) atoms. The summed E-state index contributed by atoms with van der Waals surface area (Å²) in [4.78, 5) is 22.1. The first kappa shape index (κ1) is 9.03. The zero-order chi connectivity index (χ0) is 8.97. The van der Waals surface area contributed by atoms with Crippen LogP contribution in [0.4, 0.5) is 0 Å². The van der Waals surface area contributed by atoms with E-state index in [1.807, 2.05) is 6.92 Å². The maximum absolute atomic E-state index is 11.2. The van der Waals surface area contributed by atoms with Gasteiger partial charge in [0.25, 0.3) is 0 Å². The molecule has 0 saturated carbocycles. The van der Waals surface area contributed by atoms with E-state index in [0.29, 0.717) is 13.0 Å². The van der Waals surface area contributed by atoms with Gasteiger partial charge in [-0.3, -0.25) is 9.59 Å². The standard InChI is InChI=1S/C8H14N2O2/c1-2-9-8(12)6-4-3-5-7(11)10-6/h6H,2-5H2,1H3,(H,9,12)(H,10,11)/t6-/m1/s1. The van der Waals surface area contributed by atoms with Crippen molar-refractivity contribution in [3.63, 3.8) is 0 Å². The molecule has 1 rings (SSSR count). The summed E-state index contributed by atoms with van der Waals surface area (Å²) in [6, 6.07) is -0.300. The first-order valence-electron chi connectivity index (χ1n) is 4.31. The van der Waals surface area contributed by atoms with Crippen LogP contribution < -0.4 is 10.6 Å². The van der Waals surface area contributed by atoms with E-state index >= 15 is 0 Å². The highest BCUT2D eigenvalue weighted by molar-refractivity contribution is 5.88. The Morgan fingerprint density at radius 3 is 3.08 bits per heavy atom. The van der Waals surface area contributed by atoms with Crippen molar-refractivity contribution in [3.8, 4) is 0 Å². The van der Waals surface area contributed by atoms with Crippen LogP contribution in [0.5, 0.6) is 0 Å². The number of likely N-dealkylation sites (N-methyl/N-ethyl adjacent to an activating group) is 1. The second-order valence-corrected chi connectivity index (χ2v) is 2.91. The van der Waals surface area contributed by atoms with Crippen LogP contribution in [-0.2, 0) is 9.59 Å². The maximum Gasteiger partial charge on any atom is 0.242 e. The summed E-state index contributed by atoms with van der Waals surface area (Å²) in [5.41, 5.74) is 0. The summed E-state index contributed by atoms with van der Waals surface area (Å²) in [5, 5.41) is 5.33. The molecule has 0 aliphatic carbocycles. The number of amides is 2. The summed E-state index contributed by atoms with van der Waals surface area (Å²) < 4.78 is 0. The Balaban J connectivity index is 2.40. The lowest BCUT2D eigenvalue weighted by molar-refractivity contribution is -0.130. The van der Waals surface area contributed by atoms with Crippen LogP contribution in [-0.4, -0.2) is 24.4 Å². The van der Waals surface area contributed by atoms with E-state index in [4.69, 9.17) is 0 Å². The highest BCUT2D eigenvalue weighted by Gasteiger charge is 2.23. The van der Waals surface area contributed by atoms with Gasteiger partial charge in [0.15, 0.2) is 0 Å². The van der Waals surface area contributed by atoms with Crippen molar-refractivity contribution in [1.82, 2.24) is 10.6 Å². The molecule has 0 aromatic heterocycles. The molecule has 4 heteroatoms. The van der Waals surface area contributed by atoms with Crippen LogP contribution in [0, 0.1) is 0 Å². The molecule has 4 nitrogen and oxygen atoms in total. The number of carbonyl (C=O) groups is 2. The van der Waals surface area contributed by atoms with Crippen molar-refractivity contribution in [2.45, 2.75) is 32.2 Å². The van der Waals surface area contributed by atoms with Gasteiger partial charge in [0.1, 0.15) is 6.04 Å². The summed E-state index contributed by atoms with van der Waals surface area (Å²) in [6.07, 6.45) is 2.13. The molecular weight excluding hydrogens is 156 g/mol. The van der Waals surface area contributed by atoms with E-state index in [-0.39, 0.29) is 17.9 Å².